The van der Waals surface area contributed by atoms with E-state index in [9.17, 15) is 4.79 Å². The molecule has 0 radical (unpaired) electrons. The van der Waals surface area contributed by atoms with Crippen LogP contribution in [0.1, 0.15) is 6.92 Å². The number of carbonyl (C=O) groups excluding carboxylic acids is 1. The molecule has 0 bridgehead atoms. The topological polar surface area (TPSA) is 35.6 Å². The van der Waals surface area contributed by atoms with E-state index < -0.39 is 0 Å². The van der Waals surface area contributed by atoms with Crippen molar-refractivity contribution in [2.45, 2.75) is 6.92 Å². The number of carbonyl (C=O) groups is 1. The van der Waals surface area contributed by atoms with Gasteiger partial charge in [0.1, 0.15) is 0 Å². The zero-order chi connectivity index (χ0) is 12.3. The lowest BCUT2D eigenvalue weighted by atomic mass is 9.88. The Morgan fingerprint density at radius 3 is 2.53 bits per heavy atom. The molecule has 94 valence electrons. The van der Waals surface area contributed by atoms with Crippen molar-refractivity contribution in [1.82, 2.24) is 15.1 Å². The Hall–Kier alpha value is -1.05. The van der Waals surface area contributed by atoms with Crippen LogP contribution in [0.15, 0.2) is 0 Å². The molecule has 1 amide bonds. The van der Waals surface area contributed by atoms with Crippen molar-refractivity contribution < 1.29 is 4.79 Å². The molecular weight excluding hydrogens is 214 g/mol. The molecule has 0 aromatic carbocycles. The smallest absolute Gasteiger partial charge is 0.225 e. The van der Waals surface area contributed by atoms with Crippen LogP contribution in [0.25, 0.3) is 0 Å². The SMILES string of the molecule is C#CCN1CCN(C(=O)C(C)C2CNC2)CC1. The highest BCUT2D eigenvalue weighted by atomic mass is 16.2. The Labute approximate surface area is 103 Å². The average Bonchev–Trinajstić information content (AvgIpc) is 2.27. The summed E-state index contributed by atoms with van der Waals surface area (Å²) in [5.41, 5.74) is 0. The zero-order valence-electron chi connectivity index (χ0n) is 10.5. The number of nitrogens with zero attached hydrogens (tertiary/aromatic N) is 2. The third-order valence-electron chi connectivity index (χ3n) is 3.91. The maximum Gasteiger partial charge on any atom is 0.225 e. The van der Waals surface area contributed by atoms with Gasteiger partial charge in [0.2, 0.25) is 5.91 Å². The first-order valence-electron chi connectivity index (χ1n) is 6.37. The Morgan fingerprint density at radius 2 is 2.06 bits per heavy atom. The van der Waals surface area contributed by atoms with E-state index in [1.54, 1.807) is 0 Å². The third kappa shape index (κ3) is 2.80. The van der Waals surface area contributed by atoms with Crippen molar-refractivity contribution in [3.05, 3.63) is 0 Å². The van der Waals surface area contributed by atoms with Gasteiger partial charge in [-0.2, -0.15) is 0 Å². The molecule has 17 heavy (non-hydrogen) atoms. The van der Waals surface area contributed by atoms with Crippen molar-refractivity contribution in [2.75, 3.05) is 45.8 Å². The summed E-state index contributed by atoms with van der Waals surface area (Å²) in [6.07, 6.45) is 5.29. The minimum absolute atomic E-state index is 0.162. The molecule has 4 heteroatoms. The monoisotopic (exact) mass is 235 g/mol. The Kier molecular flexibility index (Phi) is 4.03. The molecule has 2 fully saturated rings. The molecule has 1 unspecified atom stereocenters. The number of amides is 1. The molecule has 0 saturated carbocycles. The van der Waals surface area contributed by atoms with Gasteiger partial charge in [0, 0.05) is 32.1 Å². The summed E-state index contributed by atoms with van der Waals surface area (Å²) in [6, 6.07) is 0. The molecule has 0 aromatic heterocycles. The van der Waals surface area contributed by atoms with Crippen molar-refractivity contribution in [1.29, 1.82) is 0 Å². The van der Waals surface area contributed by atoms with Crippen molar-refractivity contribution >= 4 is 5.91 Å². The Morgan fingerprint density at radius 1 is 1.41 bits per heavy atom. The molecule has 4 nitrogen and oxygen atoms in total. The van der Waals surface area contributed by atoms with Gasteiger partial charge >= 0.3 is 0 Å². The first kappa shape index (κ1) is 12.4. The van der Waals surface area contributed by atoms with Gasteiger partial charge in [-0.05, 0) is 19.0 Å². The molecule has 2 saturated heterocycles. The molecule has 2 rings (SSSR count). The van der Waals surface area contributed by atoms with Gasteiger partial charge in [-0.25, -0.2) is 0 Å². The highest BCUT2D eigenvalue weighted by Crippen LogP contribution is 2.19. The van der Waals surface area contributed by atoms with Crippen LogP contribution < -0.4 is 5.32 Å². The molecule has 0 aliphatic carbocycles. The van der Waals surface area contributed by atoms with Crippen LogP contribution in [0.5, 0.6) is 0 Å². The summed E-state index contributed by atoms with van der Waals surface area (Å²) in [5.74, 6) is 3.67. The lowest BCUT2D eigenvalue weighted by Crippen LogP contribution is -2.54. The average molecular weight is 235 g/mol. The minimum Gasteiger partial charge on any atom is -0.340 e. The standard InChI is InChI=1S/C13H21N3O/c1-3-4-15-5-7-16(8-6-15)13(17)11(2)12-9-14-10-12/h1,11-12,14H,4-10H2,2H3. The third-order valence-corrected chi connectivity index (χ3v) is 3.91. The number of nitrogens with one attached hydrogen (secondary N) is 1. The van der Waals surface area contributed by atoms with Gasteiger partial charge in [0.05, 0.1) is 6.54 Å². The molecule has 1 N–H and O–H groups in total. The van der Waals surface area contributed by atoms with E-state index in [1.807, 2.05) is 4.90 Å². The maximum absolute atomic E-state index is 12.2. The second-order valence-corrected chi connectivity index (χ2v) is 5.01. The quantitative estimate of drug-likeness (QED) is 0.677. The number of rotatable bonds is 3. The summed E-state index contributed by atoms with van der Waals surface area (Å²) >= 11 is 0. The molecule has 1 atom stereocenters. The highest BCUT2D eigenvalue weighted by molar-refractivity contribution is 5.79. The lowest BCUT2D eigenvalue weighted by molar-refractivity contribution is -0.139. The fourth-order valence-electron chi connectivity index (χ4n) is 2.41. The van der Waals surface area contributed by atoms with E-state index in [0.29, 0.717) is 18.4 Å². The zero-order valence-corrected chi connectivity index (χ0v) is 10.5. The van der Waals surface area contributed by atoms with E-state index in [1.165, 1.54) is 0 Å². The van der Waals surface area contributed by atoms with Gasteiger partial charge in [-0.3, -0.25) is 9.69 Å². The largest absolute Gasteiger partial charge is 0.340 e. The van der Waals surface area contributed by atoms with E-state index in [-0.39, 0.29) is 5.92 Å². The van der Waals surface area contributed by atoms with Gasteiger partial charge in [0.15, 0.2) is 0 Å². The number of piperazine rings is 1. The molecule has 2 aliphatic rings. The second-order valence-electron chi connectivity index (χ2n) is 5.01. The van der Waals surface area contributed by atoms with Gasteiger partial charge in [-0.15, -0.1) is 6.42 Å². The highest BCUT2D eigenvalue weighted by Gasteiger charge is 2.32. The fraction of sp³-hybridized carbons (Fsp3) is 0.769. The van der Waals surface area contributed by atoms with Gasteiger partial charge in [0.25, 0.3) is 0 Å². The van der Waals surface area contributed by atoms with Crippen LogP contribution in [0.4, 0.5) is 0 Å². The second kappa shape index (κ2) is 5.52. The van der Waals surface area contributed by atoms with Crippen LogP contribution in [-0.4, -0.2) is 61.5 Å². The van der Waals surface area contributed by atoms with E-state index in [4.69, 9.17) is 6.42 Å². The molecule has 2 heterocycles. The van der Waals surface area contributed by atoms with Crippen LogP contribution >= 0.6 is 0 Å². The number of hydrogen-bond donors (Lipinski definition) is 1. The normalized spacial score (nSPS) is 23.9. The summed E-state index contributed by atoms with van der Waals surface area (Å²) in [5, 5.41) is 3.22. The van der Waals surface area contributed by atoms with Gasteiger partial charge < -0.3 is 10.2 Å². The van der Waals surface area contributed by atoms with E-state index in [2.05, 4.69) is 23.1 Å². The molecular formula is C13H21N3O. The van der Waals surface area contributed by atoms with Gasteiger partial charge in [-0.1, -0.05) is 12.8 Å². The number of terminal acetylenes is 1. The lowest BCUT2D eigenvalue weighted by Gasteiger charge is -2.38. The maximum atomic E-state index is 12.2. The van der Waals surface area contributed by atoms with E-state index in [0.717, 1.165) is 39.3 Å². The summed E-state index contributed by atoms with van der Waals surface area (Å²) in [7, 11) is 0. The first-order chi connectivity index (χ1) is 8.22. The minimum atomic E-state index is 0.162. The van der Waals surface area contributed by atoms with Crippen molar-refractivity contribution in [2.24, 2.45) is 11.8 Å². The fourth-order valence-corrected chi connectivity index (χ4v) is 2.41. The van der Waals surface area contributed by atoms with Crippen molar-refractivity contribution in [3.8, 4) is 12.3 Å². The Balaban J connectivity index is 1.79. The predicted octanol–water partition coefficient (Wildman–Crippen LogP) is -0.381. The molecule has 0 spiro atoms. The molecule has 2 aliphatic heterocycles. The van der Waals surface area contributed by atoms with Crippen LogP contribution in [0.2, 0.25) is 0 Å². The first-order valence-corrected chi connectivity index (χ1v) is 6.37. The summed E-state index contributed by atoms with van der Waals surface area (Å²) in [6.45, 7) is 8.20. The predicted molar refractivity (Wildman–Crippen MR) is 67.4 cm³/mol. The van der Waals surface area contributed by atoms with Crippen LogP contribution in [0.3, 0.4) is 0 Å². The van der Waals surface area contributed by atoms with Crippen LogP contribution in [-0.2, 0) is 4.79 Å². The van der Waals surface area contributed by atoms with E-state index >= 15 is 0 Å². The summed E-state index contributed by atoms with van der Waals surface area (Å²) in [4.78, 5) is 16.5. The Bertz CT molecular complexity index is 311. The van der Waals surface area contributed by atoms with Crippen LogP contribution in [0, 0.1) is 24.2 Å². The number of hydrogen-bond acceptors (Lipinski definition) is 3. The summed E-state index contributed by atoms with van der Waals surface area (Å²) < 4.78 is 0. The molecule has 0 aromatic rings. The van der Waals surface area contributed by atoms with Crippen molar-refractivity contribution in [3.63, 3.8) is 0 Å².